The predicted molar refractivity (Wildman–Crippen MR) is 134 cm³/mol. The standard InChI is InChI=1S/C25H27FN4O12/c26-16-12(17(31)14(18(32)19(16)33)9-29-4-6-42-7-5-29)8-27-15-3-1-2-11-13(15)10-30(20(11)34)23(37)21(35)28-22(36)24(38,39)25(23,40)41/h1-3,27,31-33,37-41H,4-10H2,(H,28,35,36). The van der Waals surface area contributed by atoms with E-state index in [2.05, 4.69) is 5.32 Å². The van der Waals surface area contributed by atoms with Crippen LogP contribution in [-0.2, 0) is 34.0 Å². The summed E-state index contributed by atoms with van der Waals surface area (Å²) in [6.45, 7) is 0.432. The number of halogens is 1. The lowest BCUT2D eigenvalue weighted by Crippen LogP contribution is -2.85. The maximum Gasteiger partial charge on any atom is 0.306 e. The number of phenolic OH excluding ortho intramolecular Hbond substituents is 3. The number of anilines is 1. The van der Waals surface area contributed by atoms with Gasteiger partial charge in [-0.3, -0.25) is 29.5 Å². The third-order valence-electron chi connectivity index (χ3n) is 7.69. The monoisotopic (exact) mass is 594 g/mol. The van der Waals surface area contributed by atoms with Crippen molar-refractivity contribution < 1.29 is 64.4 Å². The molecule has 0 radical (unpaired) electrons. The molecule has 10 N–H and O–H groups in total. The second-order valence-electron chi connectivity index (χ2n) is 10.1. The van der Waals surface area contributed by atoms with Crippen LogP contribution in [0.5, 0.6) is 17.2 Å². The van der Waals surface area contributed by atoms with Crippen LogP contribution in [0.25, 0.3) is 0 Å². The molecule has 2 saturated heterocycles. The Morgan fingerprint density at radius 1 is 0.929 bits per heavy atom. The zero-order valence-electron chi connectivity index (χ0n) is 21.7. The Kier molecular flexibility index (Phi) is 7.01. The van der Waals surface area contributed by atoms with Gasteiger partial charge in [0.1, 0.15) is 5.75 Å². The third-order valence-corrected chi connectivity index (χ3v) is 7.69. The highest BCUT2D eigenvalue weighted by molar-refractivity contribution is 6.10. The number of aliphatic hydroxyl groups is 5. The highest BCUT2D eigenvalue weighted by atomic mass is 19.1. The Hall–Kier alpha value is -4.10. The normalized spacial score (nSPS) is 23.6. The summed E-state index contributed by atoms with van der Waals surface area (Å²) in [6, 6.07) is 3.98. The first kappa shape index (κ1) is 29.4. The molecular formula is C25H27FN4O12. The summed E-state index contributed by atoms with van der Waals surface area (Å²) in [7, 11) is 0. The molecule has 16 nitrogen and oxygen atoms in total. The fraction of sp³-hybridized carbons (Fsp3) is 0.400. The van der Waals surface area contributed by atoms with Gasteiger partial charge < -0.3 is 50.9 Å². The van der Waals surface area contributed by atoms with Gasteiger partial charge in [0.25, 0.3) is 29.2 Å². The zero-order chi connectivity index (χ0) is 30.8. The first-order valence-electron chi connectivity index (χ1n) is 12.5. The number of hydrogen-bond donors (Lipinski definition) is 10. The Morgan fingerprint density at radius 2 is 1.60 bits per heavy atom. The van der Waals surface area contributed by atoms with Gasteiger partial charge in [-0.25, -0.2) is 4.39 Å². The van der Waals surface area contributed by atoms with Crippen molar-refractivity contribution >= 4 is 23.4 Å². The van der Waals surface area contributed by atoms with E-state index in [1.165, 1.54) is 23.5 Å². The summed E-state index contributed by atoms with van der Waals surface area (Å²) >= 11 is 0. The number of imide groups is 1. The molecule has 42 heavy (non-hydrogen) atoms. The number of benzene rings is 2. The van der Waals surface area contributed by atoms with Crippen LogP contribution in [0.3, 0.4) is 0 Å². The van der Waals surface area contributed by atoms with E-state index < -0.39 is 76.7 Å². The number of carbonyl (C=O) groups is 3. The van der Waals surface area contributed by atoms with Crippen LogP contribution in [0.2, 0.25) is 0 Å². The van der Waals surface area contributed by atoms with Crippen LogP contribution >= 0.6 is 0 Å². The van der Waals surface area contributed by atoms with Crippen molar-refractivity contribution in [1.82, 2.24) is 15.1 Å². The van der Waals surface area contributed by atoms with E-state index in [0.717, 1.165) is 0 Å². The number of carbonyl (C=O) groups excluding carboxylic acids is 3. The van der Waals surface area contributed by atoms with Gasteiger partial charge in [-0.2, -0.15) is 0 Å². The average molecular weight is 595 g/mol. The summed E-state index contributed by atoms with van der Waals surface area (Å²) in [6.07, 6.45) is 0. The van der Waals surface area contributed by atoms with Crippen molar-refractivity contribution in [1.29, 1.82) is 0 Å². The van der Waals surface area contributed by atoms with Crippen molar-refractivity contribution in [2.24, 2.45) is 0 Å². The summed E-state index contributed by atoms with van der Waals surface area (Å²) in [5, 5.41) is 87.2. The SMILES string of the molecule is O=C1c2cccc(NCc3c(O)c(CN4CCOCC4)c(O)c(O)c3F)c2CN1C1(O)C(=O)NC(=O)C(O)(O)C1(O)O. The number of aromatic hydroxyl groups is 3. The number of nitrogens with zero attached hydrogens (tertiary/aromatic N) is 2. The van der Waals surface area contributed by atoms with Crippen molar-refractivity contribution in [3.63, 3.8) is 0 Å². The van der Waals surface area contributed by atoms with Gasteiger partial charge >= 0.3 is 5.79 Å². The van der Waals surface area contributed by atoms with E-state index in [1.54, 1.807) is 0 Å². The average Bonchev–Trinajstić information content (AvgIpc) is 3.30. The number of phenols is 3. The minimum absolute atomic E-state index is 0.0225. The summed E-state index contributed by atoms with van der Waals surface area (Å²) in [5.41, 5.74) is -4.44. The zero-order valence-corrected chi connectivity index (χ0v) is 21.7. The number of fused-ring (bicyclic) bond motifs is 1. The molecule has 1 unspecified atom stereocenters. The van der Waals surface area contributed by atoms with E-state index in [0.29, 0.717) is 26.3 Å². The van der Waals surface area contributed by atoms with Gasteiger partial charge in [-0.15, -0.1) is 0 Å². The van der Waals surface area contributed by atoms with Gasteiger partial charge in [0, 0.05) is 43.0 Å². The molecule has 3 aliphatic rings. The molecule has 3 aliphatic heterocycles. The molecule has 3 heterocycles. The minimum Gasteiger partial charge on any atom is -0.507 e. The van der Waals surface area contributed by atoms with E-state index >= 15 is 0 Å². The molecule has 0 saturated carbocycles. The first-order chi connectivity index (χ1) is 19.6. The second kappa shape index (κ2) is 10.0. The Morgan fingerprint density at radius 3 is 2.26 bits per heavy atom. The third kappa shape index (κ3) is 4.13. The second-order valence-corrected chi connectivity index (χ2v) is 10.1. The summed E-state index contributed by atoms with van der Waals surface area (Å²) < 4.78 is 20.3. The van der Waals surface area contributed by atoms with Gasteiger partial charge in [-0.05, 0) is 12.1 Å². The minimum atomic E-state index is -4.28. The van der Waals surface area contributed by atoms with Crippen LogP contribution in [0.4, 0.5) is 10.1 Å². The highest BCUT2D eigenvalue weighted by Gasteiger charge is 2.76. The smallest absolute Gasteiger partial charge is 0.306 e. The van der Waals surface area contributed by atoms with Crippen LogP contribution < -0.4 is 10.6 Å². The lowest BCUT2D eigenvalue weighted by atomic mass is 9.86. The molecular weight excluding hydrogens is 567 g/mol. The first-order valence-corrected chi connectivity index (χ1v) is 12.5. The lowest BCUT2D eigenvalue weighted by Gasteiger charge is -2.50. The molecule has 0 bridgehead atoms. The van der Waals surface area contributed by atoms with Crippen molar-refractivity contribution in [2.75, 3.05) is 31.6 Å². The molecule has 2 aromatic carbocycles. The van der Waals surface area contributed by atoms with Crippen LogP contribution in [0, 0.1) is 5.82 Å². The van der Waals surface area contributed by atoms with Crippen molar-refractivity contribution in [3.05, 3.63) is 46.3 Å². The van der Waals surface area contributed by atoms with E-state index in [4.69, 9.17) is 4.74 Å². The molecule has 2 aromatic rings. The van der Waals surface area contributed by atoms with Crippen molar-refractivity contribution in [3.8, 4) is 17.2 Å². The Labute approximate surface area is 235 Å². The van der Waals surface area contributed by atoms with Crippen LogP contribution in [-0.4, -0.2) is 112 Å². The molecule has 1 atom stereocenters. The number of hydrogen-bond acceptors (Lipinski definition) is 14. The van der Waals surface area contributed by atoms with Gasteiger partial charge in [-0.1, -0.05) is 6.07 Å². The predicted octanol–water partition coefficient (Wildman–Crippen LogP) is -2.95. The topological polar surface area (TPSA) is 253 Å². The fourth-order valence-corrected chi connectivity index (χ4v) is 5.17. The number of nitrogens with one attached hydrogen (secondary N) is 2. The summed E-state index contributed by atoms with van der Waals surface area (Å²) in [5.74, 6) is -17.2. The Bertz CT molecular complexity index is 1490. The molecule has 3 amide bonds. The van der Waals surface area contributed by atoms with E-state index in [-0.39, 0.29) is 33.8 Å². The Balaban J connectivity index is 1.45. The number of amides is 3. The lowest BCUT2D eigenvalue weighted by molar-refractivity contribution is -0.407. The van der Waals surface area contributed by atoms with Gasteiger partial charge in [0.15, 0.2) is 17.3 Å². The highest BCUT2D eigenvalue weighted by Crippen LogP contribution is 2.44. The molecule has 2 fully saturated rings. The van der Waals surface area contributed by atoms with E-state index in [1.807, 2.05) is 4.90 Å². The molecule has 0 spiro atoms. The molecule has 0 aliphatic carbocycles. The molecule has 226 valence electrons. The number of ether oxygens (including phenoxy) is 1. The number of morpholine rings is 1. The van der Waals surface area contributed by atoms with Gasteiger partial charge in [0.05, 0.1) is 30.9 Å². The quantitative estimate of drug-likeness (QED) is 0.0695. The maximum absolute atomic E-state index is 15.0. The van der Waals surface area contributed by atoms with Crippen LogP contribution in [0.15, 0.2) is 18.2 Å². The maximum atomic E-state index is 15.0. The van der Waals surface area contributed by atoms with Crippen molar-refractivity contribution in [2.45, 2.75) is 36.9 Å². The molecule has 0 aromatic heterocycles. The molecule has 5 rings (SSSR count). The fourth-order valence-electron chi connectivity index (χ4n) is 5.17. The van der Waals surface area contributed by atoms with Crippen LogP contribution in [0.1, 0.15) is 27.0 Å². The number of piperidine rings is 1. The summed E-state index contributed by atoms with van der Waals surface area (Å²) in [4.78, 5) is 39.6. The number of rotatable bonds is 6. The molecule has 17 heteroatoms. The van der Waals surface area contributed by atoms with Gasteiger partial charge in [0.2, 0.25) is 0 Å². The van der Waals surface area contributed by atoms with E-state index in [9.17, 15) is 59.6 Å². The largest absolute Gasteiger partial charge is 0.507 e.